The van der Waals surface area contributed by atoms with Crippen molar-refractivity contribution in [3.05, 3.63) is 80.1 Å². The molecule has 3 aliphatic carbocycles. The van der Waals surface area contributed by atoms with Crippen molar-refractivity contribution in [2.75, 3.05) is 63.2 Å². The van der Waals surface area contributed by atoms with Crippen molar-refractivity contribution >= 4 is 96.5 Å². The molecule has 4 aromatic heterocycles. The number of thiophene rings is 2. The second-order valence-electron chi connectivity index (χ2n) is 23.7. The fourth-order valence-electron chi connectivity index (χ4n) is 12.2. The Morgan fingerprint density at radius 2 is 1.15 bits per heavy atom. The largest absolute Gasteiger partial charge is 0.488 e. The van der Waals surface area contributed by atoms with E-state index in [0.717, 1.165) is 117 Å². The van der Waals surface area contributed by atoms with Crippen LogP contribution in [0, 0.1) is 11.8 Å². The molecule has 0 spiro atoms. The van der Waals surface area contributed by atoms with Crippen LogP contribution in [0.15, 0.2) is 46.9 Å². The number of nitrogens with one attached hydrogen (secondary N) is 2. The number of rotatable bonds is 10. The fourth-order valence-corrected chi connectivity index (χ4v) is 14.7. The molecule has 21 heteroatoms. The van der Waals surface area contributed by atoms with Gasteiger partial charge in [-0.05, 0) is 150 Å². The number of carbonyl (C=O) groups is 3. The number of benzene rings is 2. The fraction of sp³-hybridized carbons (Fsp3) is 0.517. The first-order chi connectivity index (χ1) is 39.3. The maximum absolute atomic E-state index is 13.4. The number of fused-ring (bicyclic) bond motifs is 8. The summed E-state index contributed by atoms with van der Waals surface area (Å²) in [5.74, 6) is 3.59. The maximum atomic E-state index is 13.4. The van der Waals surface area contributed by atoms with Crippen molar-refractivity contribution < 1.29 is 38.1 Å². The first-order valence-corrected chi connectivity index (χ1v) is 30.4. The molecule has 19 nitrogen and oxygen atoms in total. The summed E-state index contributed by atoms with van der Waals surface area (Å²) < 4.78 is 29.4. The van der Waals surface area contributed by atoms with Gasteiger partial charge in [-0.15, -0.1) is 22.7 Å². The molecule has 2 N–H and O–H groups in total. The maximum Gasteiger partial charge on any atom is 0.410 e. The van der Waals surface area contributed by atoms with Crippen LogP contribution in [0.3, 0.4) is 0 Å². The Morgan fingerprint density at radius 3 is 1.60 bits per heavy atom. The van der Waals surface area contributed by atoms with E-state index in [0.29, 0.717) is 71.4 Å². The topological polar surface area (TPSA) is 207 Å². The average molecular weight is 1140 g/mol. The van der Waals surface area contributed by atoms with Crippen LogP contribution in [0.4, 0.5) is 27.8 Å². The van der Waals surface area contributed by atoms with Crippen LogP contribution < -0.4 is 20.1 Å². The third-order valence-electron chi connectivity index (χ3n) is 16.8. The van der Waals surface area contributed by atoms with E-state index >= 15 is 0 Å². The third kappa shape index (κ3) is 10.9. The molecule has 3 amide bonds. The number of aryl methyl sites for hydroxylation is 2. The number of amides is 3. The summed E-state index contributed by atoms with van der Waals surface area (Å²) in [6.45, 7) is 15.7. The van der Waals surface area contributed by atoms with E-state index in [4.69, 9.17) is 23.7 Å². The Labute approximate surface area is 478 Å². The minimum atomic E-state index is -0.540. The molecular weight excluding hydrogens is 1070 g/mol. The first-order valence-electron chi connectivity index (χ1n) is 28.7. The highest BCUT2D eigenvalue weighted by molar-refractivity contribution is 7.19. The van der Waals surface area contributed by atoms with E-state index in [-0.39, 0.29) is 54.0 Å². The summed E-state index contributed by atoms with van der Waals surface area (Å²) >= 11 is 3.36. The van der Waals surface area contributed by atoms with Crippen LogP contribution in [0.5, 0.6) is 11.5 Å². The molecule has 3 saturated heterocycles. The van der Waals surface area contributed by atoms with E-state index in [1.165, 1.54) is 32.9 Å². The lowest BCUT2D eigenvalue weighted by Gasteiger charge is -2.39. The Bertz CT molecular complexity index is 3490. The van der Waals surface area contributed by atoms with Gasteiger partial charge in [0.1, 0.15) is 57.2 Å². The number of morpholine rings is 2. The zero-order valence-corrected chi connectivity index (χ0v) is 48.3. The van der Waals surface area contributed by atoms with E-state index in [9.17, 15) is 14.4 Å². The number of aliphatic imine (C=N–C) groups is 2. The molecule has 81 heavy (non-hydrogen) atoms. The van der Waals surface area contributed by atoms with Crippen LogP contribution in [-0.4, -0.2) is 147 Å². The van der Waals surface area contributed by atoms with Gasteiger partial charge in [0, 0.05) is 47.1 Å². The molecular formula is C60H69N11O8S2. The molecule has 9 heterocycles. The molecule has 0 bridgehead atoms. The molecule has 1 saturated carbocycles. The van der Waals surface area contributed by atoms with Crippen molar-refractivity contribution in [2.45, 2.75) is 135 Å². The highest BCUT2D eigenvalue weighted by Gasteiger charge is 2.38. The third-order valence-corrected chi connectivity index (χ3v) is 19.1. The van der Waals surface area contributed by atoms with Crippen LogP contribution in [0.1, 0.15) is 110 Å². The smallest absolute Gasteiger partial charge is 0.410 e. The Morgan fingerprint density at radius 1 is 0.654 bits per heavy atom. The molecule has 4 atom stereocenters. The summed E-state index contributed by atoms with van der Waals surface area (Å²) in [5, 5.41) is 9.26. The Balaban J connectivity index is 0.000000155. The number of nitrogens with zero attached hydrogens (tertiary/aromatic N) is 9. The minimum absolute atomic E-state index is 0.0176. The van der Waals surface area contributed by atoms with Gasteiger partial charge in [-0.2, -0.15) is 0 Å². The first kappa shape index (κ1) is 53.5. The molecule has 5 aliphatic heterocycles. The van der Waals surface area contributed by atoms with E-state index in [2.05, 4.69) is 72.6 Å². The van der Waals surface area contributed by atoms with Gasteiger partial charge >= 0.3 is 6.09 Å². The predicted octanol–water partition coefficient (Wildman–Crippen LogP) is 9.37. The summed E-state index contributed by atoms with van der Waals surface area (Å²) in [6, 6.07) is 8.59. The van der Waals surface area contributed by atoms with Crippen molar-refractivity contribution in [2.24, 2.45) is 21.8 Å². The number of anilines is 4. The van der Waals surface area contributed by atoms with Gasteiger partial charge in [0.25, 0.3) is 0 Å². The standard InChI is InChI=1S/C32H38N6O5S.C28H31N5O3S/c1-18-16-41-8-7-38(18)30(39)19-5-6-23-26(11-19)44-29-27(23)28(34-17-35-29)36-24-9-20-12-33-13-21(20)10-25(24)42-22-14-37(15-22)31(40)43-32(2,3)4;1-16-14-35-8-7-33(16)28(34)17-5-6-21-24(11-17)37-27-25(21)26(30-15-31-27)32-22-9-18-12-29-13-19(18)10-23(22)36-20-3-2-4-20/h9-10,12,17-19,22H,5-8,11,13-16H2,1-4H3,(H,34,35,36);9-10,12,15-17,20H,2-8,11,13-14H2,1H3,(H,30,31,32)/t18-,19-;16-,17-/m00/s1. The van der Waals surface area contributed by atoms with Gasteiger partial charge in [0.05, 0.1) is 92.9 Å². The highest BCUT2D eigenvalue weighted by Crippen LogP contribution is 2.45. The number of likely N-dealkylation sites (tertiary alicyclic amines) is 1. The molecule has 0 unspecified atom stereocenters. The quantitative estimate of drug-likeness (QED) is 0.131. The summed E-state index contributed by atoms with van der Waals surface area (Å²) in [6.07, 6.45) is 15.1. The number of carbonyl (C=O) groups excluding carboxylic acids is 3. The van der Waals surface area contributed by atoms with Crippen molar-refractivity contribution in [3.8, 4) is 11.5 Å². The van der Waals surface area contributed by atoms with Crippen molar-refractivity contribution in [3.63, 3.8) is 0 Å². The lowest BCUT2D eigenvalue weighted by molar-refractivity contribution is -0.144. The number of aromatic nitrogens is 4. The van der Waals surface area contributed by atoms with E-state index in [1.54, 1.807) is 40.2 Å². The number of hydrogen-bond acceptors (Lipinski definition) is 18. The monoisotopic (exact) mass is 1140 g/mol. The normalized spacial score (nSPS) is 22.2. The predicted molar refractivity (Wildman–Crippen MR) is 312 cm³/mol. The Hall–Kier alpha value is -6.81. The van der Waals surface area contributed by atoms with Crippen molar-refractivity contribution in [1.82, 2.24) is 34.6 Å². The van der Waals surface area contributed by atoms with E-state index < -0.39 is 5.60 Å². The number of ether oxygens (including phenoxy) is 5. The summed E-state index contributed by atoms with van der Waals surface area (Å²) in [5.41, 5.74) is 8.14. The van der Waals surface area contributed by atoms with Gasteiger partial charge in [-0.3, -0.25) is 19.6 Å². The minimum Gasteiger partial charge on any atom is -0.488 e. The average Bonchev–Trinajstić information content (AvgIpc) is 4.30. The molecule has 6 aromatic rings. The van der Waals surface area contributed by atoms with Crippen LogP contribution in [-0.2, 0) is 62.6 Å². The van der Waals surface area contributed by atoms with Gasteiger partial charge in [-0.1, -0.05) is 0 Å². The Kier molecular flexibility index (Phi) is 14.6. The van der Waals surface area contributed by atoms with Crippen molar-refractivity contribution in [1.29, 1.82) is 0 Å². The summed E-state index contributed by atoms with van der Waals surface area (Å²) in [7, 11) is 0. The van der Waals surface area contributed by atoms with Gasteiger partial charge < -0.3 is 49.0 Å². The lowest BCUT2D eigenvalue weighted by Crippen LogP contribution is -2.57. The molecule has 4 fully saturated rings. The molecule has 14 rings (SSSR count). The van der Waals surface area contributed by atoms with E-state index in [1.807, 2.05) is 49.1 Å². The van der Waals surface area contributed by atoms with Gasteiger partial charge in [0.15, 0.2) is 0 Å². The lowest BCUT2D eigenvalue weighted by atomic mass is 9.86. The van der Waals surface area contributed by atoms with Crippen LogP contribution >= 0.6 is 22.7 Å². The second-order valence-corrected chi connectivity index (χ2v) is 25.9. The molecule has 8 aliphatic rings. The zero-order valence-electron chi connectivity index (χ0n) is 46.6. The SMILES string of the molecule is C[C@H]1COCCN1C(=O)[C@H]1CCc2c(sc3ncnc(Nc4cc5c(cc4OC4CCC4)CN=C5)c23)C1.C[C@H]1COCCN1C(=O)[C@H]1CCc2c(sc3ncnc(Nc4cc5c(cc4OC4CN(C(=O)OC(C)(C)C)C4)CN=C5)c23)C1. The zero-order chi connectivity index (χ0) is 55.5. The summed E-state index contributed by atoms with van der Waals surface area (Å²) in [4.78, 5) is 76.7. The van der Waals surface area contributed by atoms with Crippen LogP contribution in [0.2, 0.25) is 0 Å². The molecule has 424 valence electrons. The second kappa shape index (κ2) is 22.2. The highest BCUT2D eigenvalue weighted by atomic mass is 32.1. The molecule has 2 aromatic carbocycles. The van der Waals surface area contributed by atoms with Crippen LogP contribution in [0.25, 0.3) is 20.4 Å². The molecule has 0 radical (unpaired) electrons. The van der Waals surface area contributed by atoms with Gasteiger partial charge in [-0.25, -0.2) is 24.7 Å². The number of hydrogen-bond donors (Lipinski definition) is 2. The van der Waals surface area contributed by atoms with Gasteiger partial charge in [0.2, 0.25) is 11.8 Å².